The van der Waals surface area contributed by atoms with Crippen LogP contribution in [0.25, 0.3) is 0 Å². The lowest BCUT2D eigenvalue weighted by Crippen LogP contribution is -2.44. The lowest BCUT2D eigenvalue weighted by atomic mass is 9.97. The number of allylic oxidation sites excluding steroid dienone is 1. The predicted molar refractivity (Wildman–Crippen MR) is 78.4 cm³/mol. The maximum absolute atomic E-state index is 11.7. The SMILES string of the molecule is C=CCC[C@H](C)C[C@@H](NC(=O)OC(C)(C)C)C(=O)OC. The zero-order valence-corrected chi connectivity index (χ0v) is 13.2. The first-order valence-corrected chi connectivity index (χ1v) is 6.87. The highest BCUT2D eigenvalue weighted by Gasteiger charge is 2.26. The Labute approximate surface area is 121 Å². The van der Waals surface area contributed by atoms with E-state index >= 15 is 0 Å². The van der Waals surface area contributed by atoms with Crippen molar-refractivity contribution in [1.29, 1.82) is 0 Å². The number of ether oxygens (including phenoxy) is 2. The van der Waals surface area contributed by atoms with E-state index in [-0.39, 0.29) is 5.92 Å². The van der Waals surface area contributed by atoms with Crippen molar-refractivity contribution >= 4 is 12.1 Å². The van der Waals surface area contributed by atoms with Crippen LogP contribution in [0.5, 0.6) is 0 Å². The molecule has 0 aromatic carbocycles. The fourth-order valence-corrected chi connectivity index (χ4v) is 1.73. The van der Waals surface area contributed by atoms with Gasteiger partial charge in [-0.1, -0.05) is 13.0 Å². The van der Waals surface area contributed by atoms with Gasteiger partial charge < -0.3 is 14.8 Å². The minimum absolute atomic E-state index is 0.270. The standard InChI is InChI=1S/C15H27NO4/c1-7-8-9-11(2)10-12(13(17)19-6)16-14(18)20-15(3,4)5/h7,11-12H,1,8-10H2,2-6H3,(H,16,18)/t11-,12+/m0/s1. The molecule has 20 heavy (non-hydrogen) atoms. The number of alkyl carbamates (subject to hydrolysis) is 1. The molecule has 116 valence electrons. The number of esters is 1. The minimum atomic E-state index is -0.685. The van der Waals surface area contributed by atoms with Crippen molar-refractivity contribution in [2.45, 2.75) is 58.6 Å². The maximum Gasteiger partial charge on any atom is 0.408 e. The van der Waals surface area contributed by atoms with Gasteiger partial charge in [0.1, 0.15) is 11.6 Å². The molecule has 0 radical (unpaired) electrons. The Hall–Kier alpha value is -1.52. The number of rotatable bonds is 7. The van der Waals surface area contributed by atoms with E-state index in [2.05, 4.69) is 11.9 Å². The van der Waals surface area contributed by atoms with E-state index in [4.69, 9.17) is 9.47 Å². The van der Waals surface area contributed by atoms with Crippen molar-refractivity contribution in [3.8, 4) is 0 Å². The van der Waals surface area contributed by atoms with Gasteiger partial charge in [-0.3, -0.25) is 0 Å². The molecule has 0 saturated heterocycles. The smallest absolute Gasteiger partial charge is 0.408 e. The summed E-state index contributed by atoms with van der Waals surface area (Å²) in [5.74, 6) is -0.187. The van der Waals surface area contributed by atoms with Crippen LogP contribution >= 0.6 is 0 Å². The van der Waals surface area contributed by atoms with Gasteiger partial charge in [0.05, 0.1) is 7.11 Å². The molecule has 0 aromatic rings. The number of carbonyl (C=O) groups excluding carboxylic acids is 2. The summed E-state index contributed by atoms with van der Waals surface area (Å²) in [6, 6.07) is -0.685. The second kappa shape index (κ2) is 8.61. The van der Waals surface area contributed by atoms with Crippen molar-refractivity contribution < 1.29 is 19.1 Å². The van der Waals surface area contributed by atoms with Gasteiger partial charge in [-0.05, 0) is 46.0 Å². The van der Waals surface area contributed by atoms with E-state index in [0.717, 1.165) is 12.8 Å². The second-order valence-electron chi connectivity index (χ2n) is 5.93. The zero-order chi connectivity index (χ0) is 15.8. The third-order valence-corrected chi connectivity index (χ3v) is 2.68. The van der Waals surface area contributed by atoms with Crippen molar-refractivity contribution in [2.75, 3.05) is 7.11 Å². The van der Waals surface area contributed by atoms with Crippen LogP contribution in [0.2, 0.25) is 0 Å². The van der Waals surface area contributed by atoms with Crippen LogP contribution in [-0.4, -0.2) is 30.8 Å². The average Bonchev–Trinajstić information content (AvgIpc) is 2.32. The third kappa shape index (κ3) is 8.56. The lowest BCUT2D eigenvalue weighted by Gasteiger charge is -2.24. The first-order valence-electron chi connectivity index (χ1n) is 6.87. The van der Waals surface area contributed by atoms with Gasteiger partial charge in [-0.25, -0.2) is 9.59 Å². The summed E-state index contributed by atoms with van der Waals surface area (Å²) >= 11 is 0. The van der Waals surface area contributed by atoms with E-state index in [9.17, 15) is 9.59 Å². The molecular weight excluding hydrogens is 258 g/mol. The molecule has 0 aromatic heterocycles. The highest BCUT2D eigenvalue weighted by molar-refractivity contribution is 5.81. The molecule has 5 heteroatoms. The quantitative estimate of drug-likeness (QED) is 0.577. The second-order valence-corrected chi connectivity index (χ2v) is 5.93. The molecule has 2 atom stereocenters. The minimum Gasteiger partial charge on any atom is -0.467 e. The summed E-state index contributed by atoms with van der Waals surface area (Å²) < 4.78 is 9.87. The molecule has 1 N–H and O–H groups in total. The first-order chi connectivity index (χ1) is 9.19. The Kier molecular flexibility index (Phi) is 7.96. The first kappa shape index (κ1) is 18.5. The van der Waals surface area contributed by atoms with Crippen molar-refractivity contribution in [3.05, 3.63) is 12.7 Å². The monoisotopic (exact) mass is 285 g/mol. The maximum atomic E-state index is 11.7. The van der Waals surface area contributed by atoms with Crippen LogP contribution in [0.1, 0.15) is 47.0 Å². The molecule has 0 bridgehead atoms. The molecule has 0 aliphatic rings. The molecule has 1 amide bonds. The van der Waals surface area contributed by atoms with Gasteiger partial charge in [-0.15, -0.1) is 6.58 Å². The third-order valence-electron chi connectivity index (χ3n) is 2.68. The molecule has 0 spiro atoms. The van der Waals surface area contributed by atoms with Gasteiger partial charge in [0.2, 0.25) is 0 Å². The van der Waals surface area contributed by atoms with Crippen LogP contribution in [0, 0.1) is 5.92 Å². The van der Waals surface area contributed by atoms with Crippen LogP contribution < -0.4 is 5.32 Å². The van der Waals surface area contributed by atoms with Gasteiger partial charge in [0, 0.05) is 0 Å². The van der Waals surface area contributed by atoms with E-state index < -0.39 is 23.7 Å². The predicted octanol–water partition coefficient (Wildman–Crippen LogP) is 3.05. The molecule has 5 nitrogen and oxygen atoms in total. The summed E-state index contributed by atoms with van der Waals surface area (Å²) in [5.41, 5.74) is -0.598. The van der Waals surface area contributed by atoms with E-state index in [0.29, 0.717) is 6.42 Å². The van der Waals surface area contributed by atoms with Crippen LogP contribution in [0.3, 0.4) is 0 Å². The van der Waals surface area contributed by atoms with Crippen LogP contribution in [-0.2, 0) is 14.3 Å². The number of amides is 1. The number of carbonyl (C=O) groups is 2. The average molecular weight is 285 g/mol. The number of hydrogen-bond donors (Lipinski definition) is 1. The topological polar surface area (TPSA) is 64.6 Å². The Morgan fingerprint density at radius 2 is 1.95 bits per heavy atom. The summed E-state index contributed by atoms with van der Waals surface area (Å²) in [5, 5.41) is 2.57. The van der Waals surface area contributed by atoms with Crippen molar-refractivity contribution in [3.63, 3.8) is 0 Å². The molecule has 0 rings (SSSR count). The van der Waals surface area contributed by atoms with E-state index in [1.165, 1.54) is 7.11 Å². The summed E-state index contributed by atoms with van der Waals surface area (Å²) in [6.45, 7) is 11.0. The van der Waals surface area contributed by atoms with Crippen molar-refractivity contribution in [2.24, 2.45) is 5.92 Å². The van der Waals surface area contributed by atoms with Crippen LogP contribution in [0.15, 0.2) is 12.7 Å². The highest BCUT2D eigenvalue weighted by atomic mass is 16.6. The molecule has 0 aliphatic heterocycles. The summed E-state index contributed by atoms with van der Waals surface area (Å²) in [7, 11) is 1.31. The Morgan fingerprint density at radius 3 is 2.40 bits per heavy atom. The molecule has 0 heterocycles. The Morgan fingerprint density at radius 1 is 1.35 bits per heavy atom. The Bertz CT molecular complexity index is 333. The molecular formula is C15H27NO4. The summed E-state index contributed by atoms with van der Waals surface area (Å²) in [6.07, 6.45) is 3.53. The fourth-order valence-electron chi connectivity index (χ4n) is 1.73. The number of methoxy groups -OCH3 is 1. The largest absolute Gasteiger partial charge is 0.467 e. The number of nitrogens with one attached hydrogen (secondary N) is 1. The number of hydrogen-bond acceptors (Lipinski definition) is 4. The molecule has 0 aliphatic carbocycles. The zero-order valence-electron chi connectivity index (χ0n) is 13.2. The molecule has 0 saturated carbocycles. The van der Waals surface area contributed by atoms with E-state index in [1.54, 1.807) is 20.8 Å². The fraction of sp³-hybridized carbons (Fsp3) is 0.733. The van der Waals surface area contributed by atoms with Gasteiger partial charge in [-0.2, -0.15) is 0 Å². The Balaban J connectivity index is 4.53. The highest BCUT2D eigenvalue weighted by Crippen LogP contribution is 2.15. The van der Waals surface area contributed by atoms with Gasteiger partial charge in [0.25, 0.3) is 0 Å². The lowest BCUT2D eigenvalue weighted by molar-refractivity contribution is -0.143. The van der Waals surface area contributed by atoms with Gasteiger partial charge in [0.15, 0.2) is 0 Å². The normalized spacial score (nSPS) is 14.1. The van der Waals surface area contributed by atoms with Crippen molar-refractivity contribution in [1.82, 2.24) is 5.32 Å². The summed E-state index contributed by atoms with van der Waals surface area (Å²) in [4.78, 5) is 23.4. The molecule has 0 fully saturated rings. The van der Waals surface area contributed by atoms with E-state index in [1.807, 2.05) is 13.0 Å². The molecule has 0 unspecified atom stereocenters. The van der Waals surface area contributed by atoms with Crippen LogP contribution in [0.4, 0.5) is 4.79 Å². The van der Waals surface area contributed by atoms with Gasteiger partial charge >= 0.3 is 12.1 Å².